The Morgan fingerprint density at radius 3 is 2.73 bits per heavy atom. The molecule has 2 aliphatic rings. The summed E-state index contributed by atoms with van der Waals surface area (Å²) in [5, 5.41) is 3.01. The number of benzene rings is 1. The average molecular weight is 362 g/mol. The average Bonchev–Trinajstić information content (AvgIpc) is 3.00. The van der Waals surface area contributed by atoms with Gasteiger partial charge in [-0.2, -0.15) is 0 Å². The van der Waals surface area contributed by atoms with E-state index in [1.165, 1.54) is 6.07 Å². The van der Waals surface area contributed by atoms with E-state index in [0.29, 0.717) is 25.4 Å². The first-order valence-corrected chi connectivity index (χ1v) is 9.86. The van der Waals surface area contributed by atoms with Crippen molar-refractivity contribution in [1.82, 2.24) is 10.2 Å². The molecular weight excluding hydrogens is 331 g/mol. The van der Waals surface area contributed by atoms with Crippen molar-refractivity contribution in [1.29, 1.82) is 0 Å². The molecule has 26 heavy (non-hydrogen) atoms. The molecular formula is C21H31FN2O2. The van der Waals surface area contributed by atoms with Crippen molar-refractivity contribution in [3.8, 4) is 0 Å². The summed E-state index contributed by atoms with van der Waals surface area (Å²) < 4.78 is 20.2. The van der Waals surface area contributed by atoms with E-state index in [-0.39, 0.29) is 23.4 Å². The highest BCUT2D eigenvalue weighted by atomic mass is 19.1. The van der Waals surface area contributed by atoms with Gasteiger partial charge >= 0.3 is 0 Å². The van der Waals surface area contributed by atoms with E-state index >= 15 is 0 Å². The quantitative estimate of drug-likeness (QED) is 0.842. The fourth-order valence-corrected chi connectivity index (χ4v) is 4.06. The van der Waals surface area contributed by atoms with Gasteiger partial charge in [0, 0.05) is 38.2 Å². The molecule has 0 radical (unpaired) electrons. The minimum absolute atomic E-state index is 0.0425. The monoisotopic (exact) mass is 362 g/mol. The summed E-state index contributed by atoms with van der Waals surface area (Å²) >= 11 is 0. The number of likely N-dealkylation sites (tertiary alicyclic amines) is 1. The first kappa shape index (κ1) is 19.3. The molecule has 0 bridgehead atoms. The Morgan fingerprint density at radius 2 is 2.04 bits per heavy atom. The molecule has 2 fully saturated rings. The van der Waals surface area contributed by atoms with Crippen molar-refractivity contribution in [2.45, 2.75) is 64.2 Å². The third-order valence-corrected chi connectivity index (χ3v) is 5.58. The largest absolute Gasteiger partial charge is 0.370 e. The first-order valence-electron chi connectivity index (χ1n) is 9.86. The summed E-state index contributed by atoms with van der Waals surface area (Å²) in [4.78, 5) is 14.1. The molecule has 1 aromatic rings. The molecule has 144 valence electrons. The minimum Gasteiger partial charge on any atom is -0.370 e. The molecule has 2 saturated heterocycles. The van der Waals surface area contributed by atoms with E-state index in [2.05, 4.69) is 24.1 Å². The second kappa shape index (κ2) is 8.49. The molecule has 1 aromatic carbocycles. The molecule has 1 spiro atoms. The van der Waals surface area contributed by atoms with Gasteiger partial charge in [-0.1, -0.05) is 32.0 Å². The molecule has 1 amide bonds. The third-order valence-electron chi connectivity index (χ3n) is 5.58. The van der Waals surface area contributed by atoms with E-state index in [1.54, 1.807) is 6.07 Å². The van der Waals surface area contributed by atoms with Crippen LogP contribution in [0.5, 0.6) is 0 Å². The minimum atomic E-state index is -0.123. The van der Waals surface area contributed by atoms with Crippen molar-refractivity contribution in [2.24, 2.45) is 5.92 Å². The summed E-state index contributed by atoms with van der Waals surface area (Å²) in [6.07, 6.45) is 4.74. The highest BCUT2D eigenvalue weighted by Gasteiger charge is 2.42. The van der Waals surface area contributed by atoms with E-state index < -0.39 is 0 Å². The fraction of sp³-hybridized carbons (Fsp3) is 0.667. The second-order valence-electron chi connectivity index (χ2n) is 8.23. The number of ether oxygens (including phenoxy) is 1. The zero-order chi connectivity index (χ0) is 18.6. The highest BCUT2D eigenvalue weighted by molar-refractivity contribution is 5.76. The van der Waals surface area contributed by atoms with Gasteiger partial charge in [-0.15, -0.1) is 0 Å². The molecule has 2 heterocycles. The van der Waals surface area contributed by atoms with E-state index in [9.17, 15) is 9.18 Å². The lowest BCUT2D eigenvalue weighted by Gasteiger charge is -2.39. The molecule has 5 heteroatoms. The topological polar surface area (TPSA) is 41.6 Å². The lowest BCUT2D eigenvalue weighted by molar-refractivity contribution is -0.123. The number of hydrogen-bond acceptors (Lipinski definition) is 3. The number of halogens is 1. The maximum atomic E-state index is 13.8. The van der Waals surface area contributed by atoms with Crippen LogP contribution >= 0.6 is 0 Å². The smallest absolute Gasteiger partial charge is 0.220 e. The zero-order valence-electron chi connectivity index (χ0n) is 16.0. The van der Waals surface area contributed by atoms with Crippen molar-refractivity contribution in [3.63, 3.8) is 0 Å². The molecule has 0 aromatic heterocycles. The molecule has 3 rings (SSSR count). The fourth-order valence-electron chi connectivity index (χ4n) is 4.06. The van der Waals surface area contributed by atoms with Gasteiger partial charge in [-0.25, -0.2) is 4.39 Å². The molecule has 0 aliphatic carbocycles. The van der Waals surface area contributed by atoms with Crippen LogP contribution < -0.4 is 5.32 Å². The van der Waals surface area contributed by atoms with Crippen LogP contribution in [0.1, 0.15) is 51.5 Å². The van der Waals surface area contributed by atoms with E-state index in [0.717, 1.165) is 44.3 Å². The number of nitrogens with zero attached hydrogens (tertiary/aromatic N) is 1. The summed E-state index contributed by atoms with van der Waals surface area (Å²) in [6.45, 7) is 7.25. The number of piperidine rings is 1. The Hall–Kier alpha value is -1.46. The lowest BCUT2D eigenvalue weighted by atomic mass is 9.88. The SMILES string of the molecule is CC(C)CC(=O)NC[C@H]1CCC2(CCN(Cc3ccccc3F)CC2)O1. The molecule has 2 aliphatic heterocycles. The van der Waals surface area contributed by atoms with Crippen LogP contribution in [-0.2, 0) is 16.1 Å². The maximum Gasteiger partial charge on any atom is 0.220 e. The van der Waals surface area contributed by atoms with Crippen molar-refractivity contribution in [3.05, 3.63) is 35.6 Å². The van der Waals surface area contributed by atoms with Crippen LogP contribution in [0.3, 0.4) is 0 Å². The Bertz CT molecular complexity index is 612. The zero-order valence-corrected chi connectivity index (χ0v) is 16.0. The number of rotatable bonds is 6. The van der Waals surface area contributed by atoms with E-state index in [4.69, 9.17) is 4.74 Å². The molecule has 1 N–H and O–H groups in total. The predicted molar refractivity (Wildman–Crippen MR) is 100 cm³/mol. The Balaban J connectivity index is 1.43. The van der Waals surface area contributed by atoms with Gasteiger partial charge in [0.1, 0.15) is 5.82 Å². The number of carbonyl (C=O) groups excluding carboxylic acids is 1. The Labute approximate surface area is 156 Å². The van der Waals surface area contributed by atoms with Gasteiger partial charge in [0.25, 0.3) is 0 Å². The van der Waals surface area contributed by atoms with Crippen LogP contribution in [0.2, 0.25) is 0 Å². The van der Waals surface area contributed by atoms with Gasteiger partial charge in [0.2, 0.25) is 5.91 Å². The third kappa shape index (κ3) is 5.04. The maximum absolute atomic E-state index is 13.8. The summed E-state index contributed by atoms with van der Waals surface area (Å²) in [5.41, 5.74) is 0.723. The number of carbonyl (C=O) groups is 1. The van der Waals surface area contributed by atoms with Crippen LogP contribution in [-0.4, -0.2) is 42.1 Å². The number of nitrogens with one attached hydrogen (secondary N) is 1. The van der Waals surface area contributed by atoms with Crippen molar-refractivity contribution < 1.29 is 13.9 Å². The van der Waals surface area contributed by atoms with Crippen LogP contribution in [0, 0.1) is 11.7 Å². The predicted octanol–water partition coefficient (Wildman–Crippen LogP) is 3.50. The van der Waals surface area contributed by atoms with Gasteiger partial charge in [-0.05, 0) is 37.7 Å². The van der Waals surface area contributed by atoms with E-state index in [1.807, 2.05) is 12.1 Å². The summed E-state index contributed by atoms with van der Waals surface area (Å²) in [7, 11) is 0. The molecule has 1 atom stereocenters. The summed E-state index contributed by atoms with van der Waals surface area (Å²) in [5.74, 6) is 0.371. The highest BCUT2D eigenvalue weighted by Crippen LogP contribution is 2.39. The second-order valence-corrected chi connectivity index (χ2v) is 8.23. The van der Waals surface area contributed by atoms with Crippen molar-refractivity contribution in [2.75, 3.05) is 19.6 Å². The standard InChI is InChI=1S/C21H31FN2O2/c1-16(2)13-20(25)23-14-18-7-8-21(26-18)9-11-24(12-10-21)15-17-5-3-4-6-19(17)22/h3-6,16,18H,7-15H2,1-2H3,(H,23,25)/t18-/m1/s1. The Morgan fingerprint density at radius 1 is 1.31 bits per heavy atom. The number of hydrogen-bond donors (Lipinski definition) is 1. The normalized spacial score (nSPS) is 22.8. The summed E-state index contributed by atoms with van der Waals surface area (Å²) in [6, 6.07) is 7.01. The van der Waals surface area contributed by atoms with Crippen LogP contribution in [0.25, 0.3) is 0 Å². The molecule has 4 nitrogen and oxygen atoms in total. The number of amides is 1. The van der Waals surface area contributed by atoms with Gasteiger partial charge < -0.3 is 10.1 Å². The molecule has 0 saturated carbocycles. The lowest BCUT2D eigenvalue weighted by Crippen LogP contribution is -2.45. The van der Waals surface area contributed by atoms with Gasteiger partial charge in [0.05, 0.1) is 11.7 Å². The van der Waals surface area contributed by atoms with Gasteiger partial charge in [0.15, 0.2) is 0 Å². The molecule has 0 unspecified atom stereocenters. The Kier molecular flexibility index (Phi) is 6.30. The van der Waals surface area contributed by atoms with Gasteiger partial charge in [-0.3, -0.25) is 9.69 Å². The van der Waals surface area contributed by atoms with Crippen molar-refractivity contribution >= 4 is 5.91 Å². The van der Waals surface area contributed by atoms with Crippen LogP contribution in [0.15, 0.2) is 24.3 Å². The van der Waals surface area contributed by atoms with Crippen LogP contribution in [0.4, 0.5) is 4.39 Å². The first-order chi connectivity index (χ1) is 12.5.